The van der Waals surface area contributed by atoms with Crippen LogP contribution in [-0.2, 0) is 9.84 Å². The predicted molar refractivity (Wildman–Crippen MR) is 100 cm³/mol. The summed E-state index contributed by atoms with van der Waals surface area (Å²) in [7, 11) is -3.55. The Morgan fingerprint density at radius 3 is 2.69 bits per heavy atom. The molecule has 1 aromatic heterocycles. The number of sulfone groups is 1. The number of halogens is 2. The van der Waals surface area contributed by atoms with E-state index in [1.165, 1.54) is 30.3 Å². The fourth-order valence-electron chi connectivity index (χ4n) is 2.22. The molecule has 0 radical (unpaired) electrons. The lowest BCUT2D eigenvalue weighted by Crippen LogP contribution is -2.00. The molecule has 0 aliphatic heterocycles. The van der Waals surface area contributed by atoms with Gasteiger partial charge in [-0.25, -0.2) is 22.7 Å². The van der Waals surface area contributed by atoms with Crippen LogP contribution in [0, 0.1) is 17.7 Å². The van der Waals surface area contributed by atoms with Crippen molar-refractivity contribution in [1.29, 1.82) is 0 Å². The second kappa shape index (κ2) is 7.90. The van der Waals surface area contributed by atoms with E-state index in [0.717, 1.165) is 12.3 Å². The Bertz CT molecular complexity index is 1280. The first kappa shape index (κ1) is 20.3. The second-order valence-corrected chi connectivity index (χ2v) is 8.10. The molecule has 11 heteroatoms. The Balaban J connectivity index is 1.93. The van der Waals surface area contributed by atoms with Crippen LogP contribution in [0.5, 0.6) is 11.6 Å². The van der Waals surface area contributed by atoms with E-state index >= 15 is 0 Å². The molecule has 0 unspecified atom stereocenters. The molecule has 0 saturated heterocycles. The maximum absolute atomic E-state index is 14.1. The first-order chi connectivity index (χ1) is 13.6. The number of hydrogen-bond acceptors (Lipinski definition) is 6. The number of aromatic amines is 1. The van der Waals surface area contributed by atoms with Gasteiger partial charge in [0.1, 0.15) is 11.6 Å². The number of nitrogens with one attached hydrogen (secondary N) is 1. The van der Waals surface area contributed by atoms with E-state index in [0.29, 0.717) is 5.56 Å². The summed E-state index contributed by atoms with van der Waals surface area (Å²) in [5.41, 5.74) is -0.175. The molecule has 3 aromatic rings. The highest BCUT2D eigenvalue weighted by Gasteiger charge is 2.17. The molecule has 0 bridgehead atoms. The standard InChI is InChI=1S/C18H11ClFN3O5S/c1-29(26,27)15-8-10(3-6-13(15)19)2-4-11-9-12(5-7-14(11)20)28-17-16(18(24)25)21-23-22-17/h3,5-9H,1H3,(H,24,25)(H,21,22,23). The lowest BCUT2D eigenvalue weighted by Gasteiger charge is -2.04. The van der Waals surface area contributed by atoms with Crippen LogP contribution in [-0.4, -0.2) is 41.2 Å². The first-order valence-corrected chi connectivity index (χ1v) is 10.1. The zero-order valence-electron chi connectivity index (χ0n) is 14.6. The van der Waals surface area contributed by atoms with Crippen molar-refractivity contribution >= 4 is 27.4 Å². The summed E-state index contributed by atoms with van der Waals surface area (Å²) in [6, 6.07) is 7.79. The summed E-state index contributed by atoms with van der Waals surface area (Å²) in [6.07, 6.45) is 1.02. The van der Waals surface area contributed by atoms with Crippen molar-refractivity contribution in [3.05, 3.63) is 64.1 Å². The minimum atomic E-state index is -3.55. The number of benzene rings is 2. The highest BCUT2D eigenvalue weighted by atomic mass is 35.5. The zero-order valence-corrected chi connectivity index (χ0v) is 16.2. The Morgan fingerprint density at radius 2 is 2.00 bits per heavy atom. The molecule has 0 fully saturated rings. The van der Waals surface area contributed by atoms with E-state index in [4.69, 9.17) is 21.4 Å². The van der Waals surface area contributed by atoms with Gasteiger partial charge in [0.2, 0.25) is 5.69 Å². The van der Waals surface area contributed by atoms with Gasteiger partial charge in [-0.05, 0) is 36.4 Å². The number of aromatic nitrogens is 3. The molecule has 1 heterocycles. The van der Waals surface area contributed by atoms with E-state index in [2.05, 4.69) is 27.3 Å². The summed E-state index contributed by atoms with van der Waals surface area (Å²) < 4.78 is 42.9. The minimum Gasteiger partial charge on any atom is -0.476 e. The van der Waals surface area contributed by atoms with E-state index in [-0.39, 0.29) is 27.1 Å². The number of carbonyl (C=O) groups is 1. The van der Waals surface area contributed by atoms with Crippen molar-refractivity contribution in [2.75, 3.05) is 6.26 Å². The molecule has 0 aliphatic carbocycles. The van der Waals surface area contributed by atoms with Crippen molar-refractivity contribution in [2.45, 2.75) is 4.90 Å². The molecule has 0 amide bonds. The highest BCUT2D eigenvalue weighted by Crippen LogP contribution is 2.24. The third-order valence-electron chi connectivity index (χ3n) is 3.55. The van der Waals surface area contributed by atoms with Gasteiger partial charge in [0.25, 0.3) is 5.88 Å². The summed E-state index contributed by atoms with van der Waals surface area (Å²) in [5, 5.41) is 18.1. The Labute approximate surface area is 169 Å². The minimum absolute atomic E-state index is 0.0531. The molecule has 8 nitrogen and oxygen atoms in total. The topological polar surface area (TPSA) is 122 Å². The van der Waals surface area contributed by atoms with E-state index in [9.17, 15) is 17.6 Å². The number of rotatable bonds is 4. The van der Waals surface area contributed by atoms with Crippen LogP contribution in [0.15, 0.2) is 41.3 Å². The summed E-state index contributed by atoms with van der Waals surface area (Å²) in [6.45, 7) is 0. The summed E-state index contributed by atoms with van der Waals surface area (Å²) >= 11 is 5.89. The van der Waals surface area contributed by atoms with Crippen LogP contribution < -0.4 is 4.74 Å². The van der Waals surface area contributed by atoms with Crippen molar-refractivity contribution in [1.82, 2.24) is 15.4 Å². The maximum atomic E-state index is 14.1. The smallest absolute Gasteiger partial charge is 0.362 e. The highest BCUT2D eigenvalue weighted by molar-refractivity contribution is 7.90. The van der Waals surface area contributed by atoms with E-state index in [1.54, 1.807) is 0 Å². The molecule has 0 saturated carbocycles. The third kappa shape index (κ3) is 4.71. The van der Waals surface area contributed by atoms with Crippen LogP contribution in [0.3, 0.4) is 0 Å². The van der Waals surface area contributed by atoms with Gasteiger partial charge >= 0.3 is 5.97 Å². The van der Waals surface area contributed by atoms with Gasteiger partial charge in [-0.2, -0.15) is 0 Å². The number of hydrogen-bond donors (Lipinski definition) is 2. The molecule has 29 heavy (non-hydrogen) atoms. The fourth-order valence-corrected chi connectivity index (χ4v) is 3.52. The molecular formula is C18H11ClFN3O5S. The monoisotopic (exact) mass is 435 g/mol. The van der Waals surface area contributed by atoms with Gasteiger partial charge in [0, 0.05) is 11.8 Å². The van der Waals surface area contributed by atoms with Crippen molar-refractivity contribution < 1.29 is 27.4 Å². The molecule has 2 aromatic carbocycles. The Morgan fingerprint density at radius 1 is 1.24 bits per heavy atom. The SMILES string of the molecule is CS(=O)(=O)c1cc(C#Cc2cc(Oc3[nH]nnc3C(=O)O)ccc2F)ccc1Cl. The number of carboxylic acid groups (broad SMARTS) is 1. The normalized spacial score (nSPS) is 10.9. The van der Waals surface area contributed by atoms with Crippen LogP contribution in [0.2, 0.25) is 5.02 Å². The van der Waals surface area contributed by atoms with Crippen LogP contribution in [0.25, 0.3) is 0 Å². The molecule has 0 aliphatic rings. The van der Waals surface area contributed by atoms with Crippen molar-refractivity contribution in [3.8, 4) is 23.5 Å². The van der Waals surface area contributed by atoms with Crippen molar-refractivity contribution in [2.24, 2.45) is 0 Å². The molecule has 2 N–H and O–H groups in total. The molecule has 0 spiro atoms. The molecule has 3 rings (SSSR count). The second-order valence-electron chi connectivity index (χ2n) is 5.71. The predicted octanol–water partition coefficient (Wildman–Crippen LogP) is 2.89. The number of carboxylic acids is 1. The lowest BCUT2D eigenvalue weighted by molar-refractivity contribution is 0.0687. The maximum Gasteiger partial charge on any atom is 0.362 e. The fraction of sp³-hybridized carbons (Fsp3) is 0.0556. The largest absolute Gasteiger partial charge is 0.476 e. The van der Waals surface area contributed by atoms with E-state index in [1.807, 2.05) is 0 Å². The Kier molecular flexibility index (Phi) is 5.54. The number of H-pyrrole nitrogens is 1. The third-order valence-corrected chi connectivity index (χ3v) is 5.13. The van der Waals surface area contributed by atoms with Gasteiger partial charge in [-0.15, -0.1) is 5.10 Å². The number of nitrogens with zero attached hydrogens (tertiary/aromatic N) is 2. The van der Waals surface area contributed by atoms with Crippen LogP contribution >= 0.6 is 11.6 Å². The van der Waals surface area contributed by atoms with Gasteiger partial charge in [0.15, 0.2) is 9.84 Å². The van der Waals surface area contributed by atoms with Gasteiger partial charge in [-0.1, -0.05) is 28.7 Å². The average Bonchev–Trinajstić information content (AvgIpc) is 3.10. The van der Waals surface area contributed by atoms with Gasteiger partial charge in [-0.3, -0.25) is 0 Å². The van der Waals surface area contributed by atoms with Crippen LogP contribution in [0.1, 0.15) is 21.6 Å². The molecule has 0 atom stereocenters. The summed E-state index contributed by atoms with van der Waals surface area (Å²) in [5.74, 6) is 3.12. The van der Waals surface area contributed by atoms with Crippen molar-refractivity contribution in [3.63, 3.8) is 0 Å². The van der Waals surface area contributed by atoms with Gasteiger partial charge in [0.05, 0.1) is 15.5 Å². The molecular weight excluding hydrogens is 425 g/mol. The first-order valence-electron chi connectivity index (χ1n) is 7.78. The molecule has 148 valence electrons. The summed E-state index contributed by atoms with van der Waals surface area (Å²) in [4.78, 5) is 11.0. The zero-order chi connectivity index (χ0) is 21.2. The Hall–Kier alpha value is -3.42. The van der Waals surface area contributed by atoms with Gasteiger partial charge < -0.3 is 9.84 Å². The lowest BCUT2D eigenvalue weighted by atomic mass is 10.1. The number of ether oxygens (including phenoxy) is 1. The van der Waals surface area contributed by atoms with Crippen LogP contribution in [0.4, 0.5) is 4.39 Å². The number of aromatic carboxylic acids is 1. The van der Waals surface area contributed by atoms with E-state index < -0.39 is 27.3 Å². The average molecular weight is 436 g/mol. The quantitative estimate of drug-likeness (QED) is 0.604.